The Hall–Kier alpha value is -0.960. The Morgan fingerprint density at radius 2 is 2.14 bits per heavy atom. The Morgan fingerprint density at radius 1 is 1.43 bits per heavy atom. The standard InChI is InChI=1S/C13H16BrN3O2S2/c1-3-11-8(2)20-13(16-11)17-21(18,19)12-6-9(7-15)4-5-10(12)14/h4-6H,3,7,15H2,1-2H3,(H,16,17). The van der Waals surface area contributed by atoms with Gasteiger partial charge in [-0.15, -0.1) is 11.3 Å². The van der Waals surface area contributed by atoms with E-state index in [1.54, 1.807) is 18.2 Å². The van der Waals surface area contributed by atoms with E-state index in [4.69, 9.17) is 5.73 Å². The second kappa shape index (κ2) is 6.43. The van der Waals surface area contributed by atoms with Crippen LogP contribution in [-0.4, -0.2) is 13.4 Å². The molecule has 0 saturated heterocycles. The molecular weight excluding hydrogens is 374 g/mol. The van der Waals surface area contributed by atoms with E-state index in [2.05, 4.69) is 25.6 Å². The van der Waals surface area contributed by atoms with Crippen molar-refractivity contribution in [3.05, 3.63) is 38.8 Å². The molecule has 1 heterocycles. The molecule has 0 aliphatic carbocycles. The van der Waals surface area contributed by atoms with Gasteiger partial charge < -0.3 is 5.73 Å². The average molecular weight is 390 g/mol. The van der Waals surface area contributed by atoms with E-state index in [-0.39, 0.29) is 11.4 Å². The topological polar surface area (TPSA) is 85.1 Å². The lowest BCUT2D eigenvalue weighted by molar-refractivity contribution is 0.600. The summed E-state index contributed by atoms with van der Waals surface area (Å²) in [5.74, 6) is 0. The Kier molecular flexibility index (Phi) is 5.03. The molecule has 0 fully saturated rings. The van der Waals surface area contributed by atoms with Crippen LogP contribution in [0, 0.1) is 6.92 Å². The molecule has 1 aromatic carbocycles. The molecule has 2 rings (SSSR count). The van der Waals surface area contributed by atoms with Crippen LogP contribution in [0.25, 0.3) is 0 Å². The number of sulfonamides is 1. The minimum atomic E-state index is -3.69. The smallest absolute Gasteiger partial charge is 0.264 e. The van der Waals surface area contributed by atoms with E-state index in [1.807, 2.05) is 13.8 Å². The van der Waals surface area contributed by atoms with E-state index >= 15 is 0 Å². The highest BCUT2D eigenvalue weighted by Crippen LogP contribution is 2.28. The van der Waals surface area contributed by atoms with E-state index < -0.39 is 10.0 Å². The quantitative estimate of drug-likeness (QED) is 0.822. The molecule has 5 nitrogen and oxygen atoms in total. The fraction of sp³-hybridized carbons (Fsp3) is 0.308. The van der Waals surface area contributed by atoms with Gasteiger partial charge in [0.1, 0.15) is 4.90 Å². The first-order chi connectivity index (χ1) is 9.87. The fourth-order valence-electron chi connectivity index (χ4n) is 1.85. The third kappa shape index (κ3) is 3.63. The number of benzene rings is 1. The van der Waals surface area contributed by atoms with Gasteiger partial charge in [0.05, 0.1) is 5.69 Å². The number of hydrogen-bond acceptors (Lipinski definition) is 5. The van der Waals surface area contributed by atoms with Gasteiger partial charge in [0.25, 0.3) is 10.0 Å². The third-order valence-electron chi connectivity index (χ3n) is 2.97. The van der Waals surface area contributed by atoms with Gasteiger partial charge in [-0.05, 0) is 47.0 Å². The Morgan fingerprint density at radius 3 is 2.71 bits per heavy atom. The minimum Gasteiger partial charge on any atom is -0.326 e. The predicted molar refractivity (Wildman–Crippen MR) is 89.1 cm³/mol. The second-order valence-corrected chi connectivity index (χ2v) is 8.16. The fourth-order valence-corrected chi connectivity index (χ4v) is 5.00. The summed E-state index contributed by atoms with van der Waals surface area (Å²) in [6, 6.07) is 5.03. The van der Waals surface area contributed by atoms with Crippen molar-refractivity contribution in [1.82, 2.24) is 4.98 Å². The molecule has 2 aromatic rings. The molecule has 0 unspecified atom stereocenters. The van der Waals surface area contributed by atoms with Crippen molar-refractivity contribution < 1.29 is 8.42 Å². The number of hydrogen-bond donors (Lipinski definition) is 2. The van der Waals surface area contributed by atoms with Crippen molar-refractivity contribution in [3.63, 3.8) is 0 Å². The summed E-state index contributed by atoms with van der Waals surface area (Å²) in [5, 5.41) is 0.384. The minimum absolute atomic E-state index is 0.163. The zero-order valence-electron chi connectivity index (χ0n) is 11.7. The Bertz CT molecular complexity index is 757. The SMILES string of the molecule is CCc1nc(NS(=O)(=O)c2cc(CN)ccc2Br)sc1C. The normalized spacial score (nSPS) is 11.6. The van der Waals surface area contributed by atoms with Gasteiger partial charge in [0.2, 0.25) is 0 Å². The largest absolute Gasteiger partial charge is 0.326 e. The van der Waals surface area contributed by atoms with Crippen molar-refractivity contribution in [2.75, 3.05) is 4.72 Å². The van der Waals surface area contributed by atoms with Crippen LogP contribution in [0.5, 0.6) is 0 Å². The molecule has 0 bridgehead atoms. The number of nitrogens with one attached hydrogen (secondary N) is 1. The summed E-state index contributed by atoms with van der Waals surface area (Å²) in [6.45, 7) is 4.20. The summed E-state index contributed by atoms with van der Waals surface area (Å²) in [7, 11) is -3.69. The van der Waals surface area contributed by atoms with Crippen LogP contribution in [0.2, 0.25) is 0 Å². The maximum absolute atomic E-state index is 12.5. The lowest BCUT2D eigenvalue weighted by Crippen LogP contribution is -2.14. The number of nitrogens with zero attached hydrogens (tertiary/aromatic N) is 1. The van der Waals surface area contributed by atoms with Gasteiger partial charge in [0, 0.05) is 15.9 Å². The lowest BCUT2D eigenvalue weighted by atomic mass is 10.2. The van der Waals surface area contributed by atoms with Crippen LogP contribution in [0.15, 0.2) is 27.6 Å². The third-order valence-corrected chi connectivity index (χ3v) is 6.36. The van der Waals surface area contributed by atoms with Crippen LogP contribution < -0.4 is 10.5 Å². The number of nitrogens with two attached hydrogens (primary N) is 1. The summed E-state index contributed by atoms with van der Waals surface area (Å²) in [4.78, 5) is 5.48. The second-order valence-electron chi connectivity index (χ2n) is 4.45. The zero-order chi connectivity index (χ0) is 15.6. The van der Waals surface area contributed by atoms with Crippen molar-refractivity contribution >= 4 is 42.4 Å². The average Bonchev–Trinajstić information content (AvgIpc) is 2.78. The lowest BCUT2D eigenvalue weighted by Gasteiger charge is -2.08. The first-order valence-corrected chi connectivity index (χ1v) is 9.44. The van der Waals surface area contributed by atoms with Gasteiger partial charge in [-0.2, -0.15) is 0 Å². The number of thiazole rings is 1. The van der Waals surface area contributed by atoms with Crippen LogP contribution in [0.3, 0.4) is 0 Å². The Balaban J connectivity index is 2.37. The molecule has 21 heavy (non-hydrogen) atoms. The van der Waals surface area contributed by atoms with Crippen LogP contribution in [-0.2, 0) is 23.0 Å². The number of aromatic nitrogens is 1. The Labute approximate surface area is 136 Å². The molecule has 3 N–H and O–H groups in total. The summed E-state index contributed by atoms with van der Waals surface area (Å²) in [6.07, 6.45) is 0.774. The van der Waals surface area contributed by atoms with Crippen LogP contribution in [0.4, 0.5) is 5.13 Å². The number of aryl methyl sites for hydroxylation is 2. The molecule has 0 saturated carbocycles. The number of halogens is 1. The molecule has 1 aromatic heterocycles. The van der Waals surface area contributed by atoms with E-state index in [1.165, 1.54) is 11.3 Å². The van der Waals surface area contributed by atoms with Gasteiger partial charge in [-0.25, -0.2) is 13.4 Å². The molecule has 0 spiro atoms. The van der Waals surface area contributed by atoms with E-state index in [0.29, 0.717) is 9.60 Å². The molecule has 0 atom stereocenters. The molecule has 114 valence electrons. The van der Waals surface area contributed by atoms with Crippen LogP contribution in [0.1, 0.15) is 23.1 Å². The molecule has 0 aliphatic rings. The monoisotopic (exact) mass is 389 g/mol. The zero-order valence-corrected chi connectivity index (χ0v) is 14.9. The van der Waals surface area contributed by atoms with E-state index in [0.717, 1.165) is 22.6 Å². The van der Waals surface area contributed by atoms with Gasteiger partial charge in [-0.3, -0.25) is 4.72 Å². The van der Waals surface area contributed by atoms with Crippen molar-refractivity contribution in [3.8, 4) is 0 Å². The molecule has 0 amide bonds. The predicted octanol–water partition coefficient (Wildman–Crippen LogP) is 3.04. The van der Waals surface area contributed by atoms with Gasteiger partial charge in [-0.1, -0.05) is 13.0 Å². The van der Waals surface area contributed by atoms with Crippen molar-refractivity contribution in [2.45, 2.75) is 31.7 Å². The first-order valence-electron chi connectivity index (χ1n) is 6.35. The number of rotatable bonds is 5. The van der Waals surface area contributed by atoms with E-state index in [9.17, 15) is 8.42 Å². The van der Waals surface area contributed by atoms with Crippen molar-refractivity contribution in [2.24, 2.45) is 5.73 Å². The summed E-state index contributed by atoms with van der Waals surface area (Å²) < 4.78 is 28.0. The number of anilines is 1. The van der Waals surface area contributed by atoms with Gasteiger partial charge in [0.15, 0.2) is 5.13 Å². The van der Waals surface area contributed by atoms with Crippen molar-refractivity contribution in [1.29, 1.82) is 0 Å². The molecule has 8 heteroatoms. The first kappa shape index (κ1) is 16.4. The molecule has 0 aliphatic heterocycles. The maximum Gasteiger partial charge on any atom is 0.264 e. The summed E-state index contributed by atoms with van der Waals surface area (Å²) in [5.41, 5.74) is 7.23. The highest BCUT2D eigenvalue weighted by molar-refractivity contribution is 9.10. The highest BCUT2D eigenvalue weighted by Gasteiger charge is 2.20. The summed E-state index contributed by atoms with van der Waals surface area (Å²) >= 11 is 4.60. The van der Waals surface area contributed by atoms with Crippen LogP contribution >= 0.6 is 27.3 Å². The molecular formula is C13H16BrN3O2S2. The highest BCUT2D eigenvalue weighted by atomic mass is 79.9. The maximum atomic E-state index is 12.5. The van der Waals surface area contributed by atoms with Gasteiger partial charge >= 0.3 is 0 Å². The molecule has 0 radical (unpaired) electrons.